The number of nitriles is 1. The van der Waals surface area contributed by atoms with Gasteiger partial charge in [0.2, 0.25) is 5.91 Å². The van der Waals surface area contributed by atoms with Gasteiger partial charge in [-0.05, 0) is 68.6 Å². The molecule has 7 nitrogen and oxygen atoms in total. The van der Waals surface area contributed by atoms with E-state index in [4.69, 9.17) is 14.7 Å². The Morgan fingerprint density at radius 3 is 2.78 bits per heavy atom. The number of amides is 1. The van der Waals surface area contributed by atoms with Gasteiger partial charge in [-0.2, -0.15) is 5.26 Å². The van der Waals surface area contributed by atoms with Gasteiger partial charge >= 0.3 is 5.97 Å². The highest BCUT2D eigenvalue weighted by molar-refractivity contribution is 5.94. The Hall–Kier alpha value is -3.37. The Morgan fingerprint density at radius 1 is 1.28 bits per heavy atom. The number of rotatable bonds is 6. The van der Waals surface area contributed by atoms with Crippen LogP contribution in [0.5, 0.6) is 5.75 Å². The molecule has 2 aromatic rings. The molecule has 1 fully saturated rings. The van der Waals surface area contributed by atoms with Crippen molar-refractivity contribution >= 4 is 17.6 Å². The van der Waals surface area contributed by atoms with E-state index in [9.17, 15) is 9.59 Å². The van der Waals surface area contributed by atoms with Crippen LogP contribution in [0.1, 0.15) is 45.5 Å². The zero-order valence-corrected chi connectivity index (χ0v) is 18.4. The lowest BCUT2D eigenvalue weighted by atomic mass is 9.94. The van der Waals surface area contributed by atoms with Gasteiger partial charge in [0, 0.05) is 29.8 Å². The summed E-state index contributed by atoms with van der Waals surface area (Å²) in [6, 6.07) is 11.0. The number of esters is 1. The SMILES string of the molecule is COc1cc(NC(=O)C2CCN(CCc3ccc4c(c3C)COC4=O)CC2)ccc1C#N. The number of hydrogen-bond donors (Lipinski definition) is 1. The third-order valence-electron chi connectivity index (χ3n) is 6.52. The molecule has 2 aliphatic rings. The normalized spacial score (nSPS) is 16.2. The molecule has 0 aromatic heterocycles. The first kappa shape index (κ1) is 21.8. The number of nitrogens with zero attached hydrogens (tertiary/aromatic N) is 2. The van der Waals surface area contributed by atoms with Crippen molar-refractivity contribution in [3.63, 3.8) is 0 Å². The van der Waals surface area contributed by atoms with Gasteiger partial charge in [0.1, 0.15) is 18.4 Å². The molecule has 7 heteroatoms. The first-order valence-corrected chi connectivity index (χ1v) is 10.9. The van der Waals surface area contributed by atoms with Crippen molar-refractivity contribution in [1.29, 1.82) is 5.26 Å². The number of carbonyl (C=O) groups is 2. The average Bonchev–Trinajstić information content (AvgIpc) is 3.20. The molecule has 166 valence electrons. The molecule has 1 N–H and O–H groups in total. The largest absolute Gasteiger partial charge is 0.495 e. The number of ether oxygens (including phenoxy) is 2. The van der Waals surface area contributed by atoms with Crippen LogP contribution < -0.4 is 10.1 Å². The van der Waals surface area contributed by atoms with Crippen molar-refractivity contribution in [3.05, 3.63) is 58.1 Å². The fraction of sp³-hybridized carbons (Fsp3) is 0.400. The van der Waals surface area contributed by atoms with Crippen LogP contribution in [0.2, 0.25) is 0 Å². The summed E-state index contributed by atoms with van der Waals surface area (Å²) in [5, 5.41) is 12.1. The molecule has 0 aliphatic carbocycles. The summed E-state index contributed by atoms with van der Waals surface area (Å²) >= 11 is 0. The molecule has 0 atom stereocenters. The van der Waals surface area contributed by atoms with Gasteiger partial charge in [-0.1, -0.05) is 6.07 Å². The Kier molecular flexibility index (Phi) is 6.42. The maximum Gasteiger partial charge on any atom is 0.338 e. The highest BCUT2D eigenvalue weighted by atomic mass is 16.5. The van der Waals surface area contributed by atoms with Crippen LogP contribution in [0.4, 0.5) is 5.69 Å². The summed E-state index contributed by atoms with van der Waals surface area (Å²) < 4.78 is 10.4. The van der Waals surface area contributed by atoms with Gasteiger partial charge < -0.3 is 19.7 Å². The zero-order valence-electron chi connectivity index (χ0n) is 18.4. The van der Waals surface area contributed by atoms with Crippen molar-refractivity contribution in [2.45, 2.75) is 32.8 Å². The van der Waals surface area contributed by atoms with E-state index in [1.807, 2.05) is 12.1 Å². The third kappa shape index (κ3) is 4.46. The van der Waals surface area contributed by atoms with Gasteiger partial charge in [-0.25, -0.2) is 4.79 Å². The fourth-order valence-electron chi connectivity index (χ4n) is 4.47. The predicted molar refractivity (Wildman–Crippen MR) is 120 cm³/mol. The number of carbonyl (C=O) groups excluding carboxylic acids is 2. The fourth-order valence-corrected chi connectivity index (χ4v) is 4.47. The molecular weight excluding hydrogens is 406 g/mol. The highest BCUT2D eigenvalue weighted by Gasteiger charge is 2.26. The molecule has 2 heterocycles. The minimum atomic E-state index is -0.227. The van der Waals surface area contributed by atoms with Crippen LogP contribution in [0.3, 0.4) is 0 Å². The number of likely N-dealkylation sites (tertiary alicyclic amines) is 1. The number of anilines is 1. The highest BCUT2D eigenvalue weighted by Crippen LogP contribution is 2.27. The van der Waals surface area contributed by atoms with E-state index in [0.717, 1.165) is 50.0 Å². The summed E-state index contributed by atoms with van der Waals surface area (Å²) in [6.07, 6.45) is 2.53. The van der Waals surface area contributed by atoms with Crippen LogP contribution in [0, 0.1) is 24.2 Å². The molecular formula is C25H27N3O4. The van der Waals surface area contributed by atoms with E-state index >= 15 is 0 Å². The molecule has 32 heavy (non-hydrogen) atoms. The number of hydrogen-bond acceptors (Lipinski definition) is 6. The number of methoxy groups -OCH3 is 1. The molecule has 2 aliphatic heterocycles. The minimum Gasteiger partial charge on any atom is -0.495 e. The van der Waals surface area contributed by atoms with E-state index in [1.54, 1.807) is 18.2 Å². The third-order valence-corrected chi connectivity index (χ3v) is 6.52. The van der Waals surface area contributed by atoms with Crippen molar-refractivity contribution in [3.8, 4) is 11.8 Å². The molecule has 1 saturated heterocycles. The molecule has 0 saturated carbocycles. The van der Waals surface area contributed by atoms with Crippen LogP contribution in [-0.4, -0.2) is 43.5 Å². The van der Waals surface area contributed by atoms with Crippen LogP contribution in [0.15, 0.2) is 30.3 Å². The molecule has 4 rings (SSSR count). The molecule has 0 bridgehead atoms. The number of benzene rings is 2. The molecule has 0 spiro atoms. The Balaban J connectivity index is 1.28. The lowest BCUT2D eigenvalue weighted by Crippen LogP contribution is -2.39. The van der Waals surface area contributed by atoms with E-state index < -0.39 is 0 Å². The standard InChI is InChI=1S/C25H27N3O4/c1-16-17(4-6-21-22(16)15-32-25(21)30)7-10-28-11-8-18(9-12-28)24(29)27-20-5-3-19(14-26)23(13-20)31-2/h3-6,13,18H,7-12,15H2,1-2H3,(H,27,29). The molecule has 1 amide bonds. The average molecular weight is 434 g/mol. The van der Waals surface area contributed by atoms with Gasteiger partial charge in [0.15, 0.2) is 0 Å². The maximum atomic E-state index is 12.7. The van der Waals surface area contributed by atoms with Crippen molar-refractivity contribution in [2.75, 3.05) is 32.1 Å². The Bertz CT molecular complexity index is 1080. The summed E-state index contributed by atoms with van der Waals surface area (Å²) in [7, 11) is 1.51. The van der Waals surface area contributed by atoms with E-state index in [-0.39, 0.29) is 17.8 Å². The Labute approximate surface area is 187 Å². The number of nitrogens with one attached hydrogen (secondary N) is 1. The van der Waals surface area contributed by atoms with Gasteiger partial charge in [0.25, 0.3) is 0 Å². The summed E-state index contributed by atoms with van der Waals surface area (Å²) in [4.78, 5) is 26.8. The second-order valence-electron chi connectivity index (χ2n) is 8.33. The maximum absolute atomic E-state index is 12.7. The first-order valence-electron chi connectivity index (χ1n) is 10.9. The smallest absolute Gasteiger partial charge is 0.338 e. The minimum absolute atomic E-state index is 0.00976. The van der Waals surface area contributed by atoms with Crippen molar-refractivity contribution in [1.82, 2.24) is 4.90 Å². The van der Waals surface area contributed by atoms with Crippen LogP contribution in [-0.2, 0) is 22.6 Å². The molecule has 2 aromatic carbocycles. The summed E-state index contributed by atoms with van der Waals surface area (Å²) in [5.41, 5.74) is 5.19. The lowest BCUT2D eigenvalue weighted by molar-refractivity contribution is -0.121. The monoisotopic (exact) mass is 433 g/mol. The number of cyclic esters (lactones) is 1. The van der Waals surface area contributed by atoms with E-state index in [0.29, 0.717) is 29.2 Å². The molecule has 0 radical (unpaired) electrons. The van der Waals surface area contributed by atoms with E-state index in [1.165, 1.54) is 12.7 Å². The van der Waals surface area contributed by atoms with Crippen molar-refractivity contribution in [2.24, 2.45) is 5.92 Å². The first-order chi connectivity index (χ1) is 15.5. The Morgan fingerprint density at radius 2 is 2.06 bits per heavy atom. The number of piperidine rings is 1. The topological polar surface area (TPSA) is 91.7 Å². The predicted octanol–water partition coefficient (Wildman–Crippen LogP) is 3.44. The second kappa shape index (κ2) is 9.41. The van der Waals surface area contributed by atoms with Gasteiger partial charge in [-0.3, -0.25) is 4.79 Å². The number of fused-ring (bicyclic) bond motifs is 1. The quantitative estimate of drug-likeness (QED) is 0.702. The summed E-state index contributed by atoms with van der Waals surface area (Å²) in [5.74, 6) is 0.209. The van der Waals surface area contributed by atoms with Gasteiger partial charge in [0.05, 0.1) is 18.2 Å². The van der Waals surface area contributed by atoms with Gasteiger partial charge in [-0.15, -0.1) is 0 Å². The molecule has 0 unspecified atom stereocenters. The lowest BCUT2D eigenvalue weighted by Gasteiger charge is -2.31. The zero-order chi connectivity index (χ0) is 22.7. The summed E-state index contributed by atoms with van der Waals surface area (Å²) in [6.45, 7) is 5.11. The van der Waals surface area contributed by atoms with Crippen LogP contribution in [0.25, 0.3) is 0 Å². The van der Waals surface area contributed by atoms with E-state index in [2.05, 4.69) is 23.2 Å². The van der Waals surface area contributed by atoms with Crippen LogP contribution >= 0.6 is 0 Å². The second-order valence-corrected chi connectivity index (χ2v) is 8.33. The van der Waals surface area contributed by atoms with Crippen molar-refractivity contribution < 1.29 is 19.1 Å².